The van der Waals surface area contributed by atoms with Gasteiger partial charge in [0.1, 0.15) is 5.84 Å². The average Bonchev–Trinajstić information content (AvgIpc) is 3.07. The molecule has 5 N–H and O–H groups in total. The Balaban J connectivity index is 1.84. The van der Waals surface area contributed by atoms with Gasteiger partial charge < -0.3 is 21.1 Å². The van der Waals surface area contributed by atoms with Gasteiger partial charge in [-0.25, -0.2) is 4.79 Å². The van der Waals surface area contributed by atoms with Gasteiger partial charge in [-0.1, -0.05) is 24.3 Å². The Labute approximate surface area is 153 Å². The van der Waals surface area contributed by atoms with Crippen LogP contribution in [-0.4, -0.2) is 40.9 Å². The molecular formula is C19H26N4O3. The molecule has 2 fully saturated rings. The first-order chi connectivity index (χ1) is 12.4. The lowest BCUT2D eigenvalue weighted by Gasteiger charge is -2.46. The molecule has 7 heteroatoms. The maximum absolute atomic E-state index is 12.4. The van der Waals surface area contributed by atoms with Crippen molar-refractivity contribution in [2.24, 2.45) is 11.7 Å². The second-order valence-corrected chi connectivity index (χ2v) is 7.28. The van der Waals surface area contributed by atoms with Crippen LogP contribution in [0.5, 0.6) is 0 Å². The number of amidine groups is 1. The summed E-state index contributed by atoms with van der Waals surface area (Å²) < 4.78 is 0. The Hall–Kier alpha value is -2.57. The molecule has 0 unspecified atom stereocenters. The van der Waals surface area contributed by atoms with Crippen LogP contribution in [0.2, 0.25) is 0 Å². The predicted molar refractivity (Wildman–Crippen MR) is 98.1 cm³/mol. The number of urea groups is 1. The van der Waals surface area contributed by atoms with Crippen molar-refractivity contribution < 1.29 is 14.7 Å². The fourth-order valence-corrected chi connectivity index (χ4v) is 4.33. The van der Waals surface area contributed by atoms with Gasteiger partial charge in [-0.05, 0) is 43.6 Å². The fraction of sp³-hybridized carbons (Fsp3) is 0.526. The number of hydrogen-bond donors (Lipinski definition) is 4. The third kappa shape index (κ3) is 3.52. The molecule has 1 heterocycles. The average molecular weight is 358 g/mol. The number of hydrogen-bond acceptors (Lipinski definition) is 3. The largest absolute Gasteiger partial charge is 0.481 e. The zero-order chi connectivity index (χ0) is 18.7. The number of aliphatic carboxylic acids is 1. The van der Waals surface area contributed by atoms with E-state index >= 15 is 0 Å². The molecule has 0 radical (unpaired) electrons. The molecule has 3 rings (SSSR count). The molecule has 1 saturated carbocycles. The highest BCUT2D eigenvalue weighted by atomic mass is 16.4. The number of carbonyl (C=O) groups excluding carboxylic acids is 1. The molecule has 0 aromatic heterocycles. The van der Waals surface area contributed by atoms with E-state index in [1.165, 1.54) is 0 Å². The minimum absolute atomic E-state index is 0.0295. The zero-order valence-electron chi connectivity index (χ0n) is 14.8. The molecule has 140 valence electrons. The van der Waals surface area contributed by atoms with Crippen molar-refractivity contribution in [3.8, 4) is 0 Å². The van der Waals surface area contributed by atoms with Crippen molar-refractivity contribution >= 4 is 17.8 Å². The molecule has 0 atom stereocenters. The summed E-state index contributed by atoms with van der Waals surface area (Å²) in [6.07, 6.45) is 4.36. The number of rotatable bonds is 6. The van der Waals surface area contributed by atoms with Crippen LogP contribution in [0.15, 0.2) is 24.3 Å². The van der Waals surface area contributed by atoms with Gasteiger partial charge in [0, 0.05) is 25.1 Å². The lowest BCUT2D eigenvalue weighted by atomic mass is 9.70. The van der Waals surface area contributed by atoms with Crippen LogP contribution >= 0.6 is 0 Å². The van der Waals surface area contributed by atoms with Gasteiger partial charge in [0.05, 0.1) is 5.54 Å². The van der Waals surface area contributed by atoms with Crippen molar-refractivity contribution in [3.63, 3.8) is 0 Å². The molecule has 2 aliphatic rings. The van der Waals surface area contributed by atoms with E-state index in [4.69, 9.17) is 16.2 Å². The van der Waals surface area contributed by atoms with E-state index in [0.29, 0.717) is 31.0 Å². The van der Waals surface area contributed by atoms with Crippen LogP contribution in [0.1, 0.15) is 49.7 Å². The summed E-state index contributed by atoms with van der Waals surface area (Å²) in [5.74, 6) is -0.330. The number of benzene rings is 1. The Morgan fingerprint density at radius 1 is 1.31 bits per heavy atom. The van der Waals surface area contributed by atoms with Crippen molar-refractivity contribution in [1.82, 2.24) is 10.2 Å². The number of nitrogens with one attached hydrogen (secondary N) is 2. The molecular weight excluding hydrogens is 332 g/mol. The Bertz CT molecular complexity index is 693. The second-order valence-electron chi connectivity index (χ2n) is 7.28. The Kier molecular flexibility index (Phi) is 5.15. The summed E-state index contributed by atoms with van der Waals surface area (Å²) in [5.41, 5.74) is 6.93. The Morgan fingerprint density at radius 2 is 1.96 bits per heavy atom. The van der Waals surface area contributed by atoms with Gasteiger partial charge in [-0.15, -0.1) is 0 Å². The maximum atomic E-state index is 12.4. The molecule has 1 aromatic rings. The molecule has 1 saturated heterocycles. The SMILES string of the molecule is N=C(N)c1ccc(C2(N3CCNC3=O)CCC(CCC(=O)O)CC2)cc1. The van der Waals surface area contributed by atoms with Gasteiger partial charge in [0.25, 0.3) is 0 Å². The summed E-state index contributed by atoms with van der Waals surface area (Å²) in [7, 11) is 0. The third-order valence-electron chi connectivity index (χ3n) is 5.81. The molecule has 1 aliphatic heterocycles. The second kappa shape index (κ2) is 7.35. The van der Waals surface area contributed by atoms with Gasteiger partial charge >= 0.3 is 12.0 Å². The van der Waals surface area contributed by atoms with Crippen molar-refractivity contribution in [1.29, 1.82) is 5.41 Å². The lowest BCUT2D eigenvalue weighted by Crippen LogP contribution is -2.50. The minimum Gasteiger partial charge on any atom is -0.481 e. The Morgan fingerprint density at radius 3 is 2.46 bits per heavy atom. The zero-order valence-corrected chi connectivity index (χ0v) is 14.8. The summed E-state index contributed by atoms with van der Waals surface area (Å²) >= 11 is 0. The highest BCUT2D eigenvalue weighted by Crippen LogP contribution is 2.45. The van der Waals surface area contributed by atoms with E-state index < -0.39 is 5.97 Å². The van der Waals surface area contributed by atoms with Crippen molar-refractivity contribution in [2.75, 3.05) is 13.1 Å². The van der Waals surface area contributed by atoms with Crippen LogP contribution in [0.3, 0.4) is 0 Å². The first kappa shape index (κ1) is 18.2. The first-order valence-corrected chi connectivity index (χ1v) is 9.14. The molecule has 2 amide bonds. The first-order valence-electron chi connectivity index (χ1n) is 9.14. The summed E-state index contributed by atoms with van der Waals surface area (Å²) in [5, 5.41) is 19.4. The number of carbonyl (C=O) groups is 2. The van der Waals surface area contributed by atoms with Crippen LogP contribution in [-0.2, 0) is 10.3 Å². The van der Waals surface area contributed by atoms with E-state index in [9.17, 15) is 9.59 Å². The minimum atomic E-state index is -0.749. The smallest absolute Gasteiger partial charge is 0.318 e. The third-order valence-corrected chi connectivity index (χ3v) is 5.81. The van der Waals surface area contributed by atoms with Crippen LogP contribution in [0, 0.1) is 11.3 Å². The lowest BCUT2D eigenvalue weighted by molar-refractivity contribution is -0.137. The number of carboxylic acid groups (broad SMARTS) is 1. The standard InChI is InChI=1S/C19H26N4O3/c20-17(21)14-2-4-15(5-3-14)19(23-12-11-22-18(23)26)9-7-13(8-10-19)1-6-16(24)25/h2-5,13H,1,6-12H2,(H3,20,21)(H,22,26)(H,24,25). The highest BCUT2D eigenvalue weighted by Gasteiger charge is 2.45. The van der Waals surface area contributed by atoms with Crippen LogP contribution in [0.4, 0.5) is 4.79 Å². The van der Waals surface area contributed by atoms with Gasteiger partial charge in [-0.2, -0.15) is 0 Å². The number of amides is 2. The summed E-state index contributed by atoms with van der Waals surface area (Å²) in [6.45, 7) is 1.32. The number of nitrogens with zero attached hydrogens (tertiary/aromatic N) is 1. The van der Waals surface area contributed by atoms with Gasteiger partial charge in [-0.3, -0.25) is 10.2 Å². The van der Waals surface area contributed by atoms with E-state index in [-0.39, 0.29) is 23.8 Å². The summed E-state index contributed by atoms with van der Waals surface area (Å²) in [6, 6.07) is 7.58. The molecule has 0 bridgehead atoms. The molecule has 7 nitrogen and oxygen atoms in total. The van der Waals surface area contributed by atoms with Crippen molar-refractivity contribution in [3.05, 3.63) is 35.4 Å². The topological polar surface area (TPSA) is 120 Å². The highest BCUT2D eigenvalue weighted by molar-refractivity contribution is 5.94. The van der Waals surface area contributed by atoms with Crippen LogP contribution in [0.25, 0.3) is 0 Å². The quantitative estimate of drug-likeness (QED) is 0.460. The summed E-state index contributed by atoms with van der Waals surface area (Å²) in [4.78, 5) is 25.2. The van der Waals surface area contributed by atoms with Gasteiger partial charge in [0.2, 0.25) is 0 Å². The number of carboxylic acids is 1. The number of nitrogen functional groups attached to an aromatic ring is 1. The predicted octanol–water partition coefficient (Wildman–Crippen LogP) is 2.25. The van der Waals surface area contributed by atoms with Crippen molar-refractivity contribution in [2.45, 2.75) is 44.1 Å². The molecule has 1 aromatic carbocycles. The number of nitrogens with two attached hydrogens (primary N) is 1. The fourth-order valence-electron chi connectivity index (χ4n) is 4.33. The van der Waals surface area contributed by atoms with Crippen LogP contribution < -0.4 is 11.1 Å². The maximum Gasteiger partial charge on any atom is 0.318 e. The van der Waals surface area contributed by atoms with Gasteiger partial charge in [0.15, 0.2) is 0 Å². The molecule has 1 aliphatic carbocycles. The normalized spacial score (nSPS) is 25.8. The van der Waals surface area contributed by atoms with E-state index in [2.05, 4.69) is 5.32 Å². The molecule has 26 heavy (non-hydrogen) atoms. The van der Waals surface area contributed by atoms with E-state index in [1.807, 2.05) is 29.2 Å². The monoisotopic (exact) mass is 358 g/mol. The molecule has 0 spiro atoms. The van der Waals surface area contributed by atoms with E-state index in [0.717, 1.165) is 31.2 Å². The van der Waals surface area contributed by atoms with E-state index in [1.54, 1.807) is 0 Å².